The van der Waals surface area contributed by atoms with Crippen molar-refractivity contribution < 1.29 is 14.6 Å². The van der Waals surface area contributed by atoms with Gasteiger partial charge in [0.25, 0.3) is 0 Å². The molecule has 3 heteroatoms. The van der Waals surface area contributed by atoms with E-state index in [1.807, 2.05) is 0 Å². The predicted octanol–water partition coefficient (Wildman–Crippen LogP) is 3.08. The second kappa shape index (κ2) is 6.24. The average Bonchev–Trinajstić information content (AvgIpc) is 2.99. The van der Waals surface area contributed by atoms with Gasteiger partial charge in [-0.1, -0.05) is 19.3 Å². The molecular formula is C13H24O3. The maximum atomic E-state index is 10.8. The Morgan fingerprint density at radius 3 is 2.56 bits per heavy atom. The first kappa shape index (κ1) is 13.5. The fourth-order valence-electron chi connectivity index (χ4n) is 1.64. The van der Waals surface area contributed by atoms with Gasteiger partial charge in [-0.2, -0.15) is 0 Å². The molecule has 0 aliphatic heterocycles. The van der Waals surface area contributed by atoms with Crippen LogP contribution in [0, 0.1) is 11.3 Å². The zero-order valence-corrected chi connectivity index (χ0v) is 10.5. The minimum atomic E-state index is -0.706. The lowest BCUT2D eigenvalue weighted by atomic mass is 9.87. The third kappa shape index (κ3) is 5.50. The van der Waals surface area contributed by atoms with E-state index in [2.05, 4.69) is 0 Å². The van der Waals surface area contributed by atoms with Crippen molar-refractivity contribution in [3.63, 3.8) is 0 Å². The molecule has 0 spiro atoms. The minimum absolute atomic E-state index is 0.589. The second-order valence-corrected chi connectivity index (χ2v) is 5.49. The van der Waals surface area contributed by atoms with Crippen LogP contribution in [0.3, 0.4) is 0 Å². The van der Waals surface area contributed by atoms with E-state index in [0.717, 1.165) is 38.4 Å². The van der Waals surface area contributed by atoms with Gasteiger partial charge in [0.15, 0.2) is 0 Å². The molecule has 0 radical (unpaired) electrons. The van der Waals surface area contributed by atoms with Crippen molar-refractivity contribution in [1.82, 2.24) is 0 Å². The van der Waals surface area contributed by atoms with E-state index in [9.17, 15) is 4.79 Å². The van der Waals surface area contributed by atoms with Gasteiger partial charge in [-0.3, -0.25) is 4.79 Å². The predicted molar refractivity (Wildman–Crippen MR) is 63.4 cm³/mol. The molecule has 0 heterocycles. The Balaban J connectivity index is 1.88. The molecule has 1 saturated carbocycles. The fraction of sp³-hybridized carbons (Fsp3) is 0.923. The highest BCUT2D eigenvalue weighted by atomic mass is 16.5. The Morgan fingerprint density at radius 1 is 1.31 bits per heavy atom. The number of unbranched alkanes of at least 4 members (excludes halogenated alkanes) is 1. The highest BCUT2D eigenvalue weighted by Crippen LogP contribution is 2.32. The first-order valence-electron chi connectivity index (χ1n) is 6.33. The highest BCUT2D eigenvalue weighted by molar-refractivity contribution is 5.73. The molecule has 3 nitrogen and oxygen atoms in total. The summed E-state index contributed by atoms with van der Waals surface area (Å²) >= 11 is 0. The van der Waals surface area contributed by atoms with Crippen LogP contribution in [0.15, 0.2) is 0 Å². The van der Waals surface area contributed by atoms with Crippen LogP contribution in [0.25, 0.3) is 0 Å². The van der Waals surface area contributed by atoms with Crippen LogP contribution in [0.2, 0.25) is 0 Å². The summed E-state index contributed by atoms with van der Waals surface area (Å²) in [4.78, 5) is 10.8. The molecular weight excluding hydrogens is 204 g/mol. The number of ether oxygens (including phenoxy) is 1. The van der Waals surface area contributed by atoms with E-state index >= 15 is 0 Å². The maximum absolute atomic E-state index is 10.8. The Kier molecular flexibility index (Phi) is 5.26. The van der Waals surface area contributed by atoms with Crippen molar-refractivity contribution in [3.8, 4) is 0 Å². The largest absolute Gasteiger partial charge is 0.481 e. The van der Waals surface area contributed by atoms with Gasteiger partial charge in [0.05, 0.1) is 5.41 Å². The lowest BCUT2D eigenvalue weighted by molar-refractivity contribution is -0.147. The summed E-state index contributed by atoms with van der Waals surface area (Å²) in [5, 5.41) is 8.92. The summed E-state index contributed by atoms with van der Waals surface area (Å²) in [6.07, 6.45) is 6.62. The van der Waals surface area contributed by atoms with E-state index < -0.39 is 11.4 Å². The van der Waals surface area contributed by atoms with Crippen LogP contribution in [0.5, 0.6) is 0 Å². The summed E-state index contributed by atoms with van der Waals surface area (Å²) in [6.45, 7) is 5.22. The molecule has 1 rings (SSSR count). The summed E-state index contributed by atoms with van der Waals surface area (Å²) in [5.41, 5.74) is -0.589. The van der Waals surface area contributed by atoms with Crippen molar-refractivity contribution >= 4 is 5.97 Å². The van der Waals surface area contributed by atoms with Gasteiger partial charge in [0, 0.05) is 13.2 Å². The lowest BCUT2D eigenvalue weighted by Gasteiger charge is -2.18. The molecule has 0 atom stereocenters. The Labute approximate surface area is 98.2 Å². The van der Waals surface area contributed by atoms with Crippen LogP contribution >= 0.6 is 0 Å². The van der Waals surface area contributed by atoms with Crippen molar-refractivity contribution in [2.75, 3.05) is 13.2 Å². The number of hydrogen-bond acceptors (Lipinski definition) is 2. The standard InChI is InChI=1S/C13H24O3/c1-13(2,12(14)15)8-3-4-9-16-10-7-11-5-6-11/h11H,3-10H2,1-2H3,(H,14,15). The molecule has 0 aromatic rings. The van der Waals surface area contributed by atoms with Crippen molar-refractivity contribution in [3.05, 3.63) is 0 Å². The normalized spacial score (nSPS) is 16.4. The van der Waals surface area contributed by atoms with Crippen LogP contribution < -0.4 is 0 Å². The summed E-state index contributed by atoms with van der Waals surface area (Å²) in [6, 6.07) is 0. The van der Waals surface area contributed by atoms with Crippen LogP contribution in [-0.4, -0.2) is 24.3 Å². The molecule has 1 aliphatic carbocycles. The molecule has 0 unspecified atom stereocenters. The van der Waals surface area contributed by atoms with Crippen molar-refractivity contribution in [2.45, 2.75) is 52.4 Å². The summed E-state index contributed by atoms with van der Waals surface area (Å²) in [7, 11) is 0. The quantitative estimate of drug-likeness (QED) is 0.617. The number of carboxylic acid groups (broad SMARTS) is 1. The summed E-state index contributed by atoms with van der Waals surface area (Å²) < 4.78 is 5.51. The third-order valence-corrected chi connectivity index (χ3v) is 3.29. The van der Waals surface area contributed by atoms with Gasteiger partial charge < -0.3 is 9.84 Å². The molecule has 0 amide bonds. The van der Waals surface area contributed by atoms with Gasteiger partial charge in [0.2, 0.25) is 0 Å². The van der Waals surface area contributed by atoms with Gasteiger partial charge in [-0.05, 0) is 39.0 Å². The monoisotopic (exact) mass is 228 g/mol. The number of rotatable bonds is 9. The number of hydrogen-bond donors (Lipinski definition) is 1. The van der Waals surface area contributed by atoms with Gasteiger partial charge in [-0.15, -0.1) is 0 Å². The molecule has 0 saturated heterocycles. The molecule has 16 heavy (non-hydrogen) atoms. The van der Waals surface area contributed by atoms with Gasteiger partial charge in [0.1, 0.15) is 0 Å². The van der Waals surface area contributed by atoms with E-state index in [0.29, 0.717) is 0 Å². The van der Waals surface area contributed by atoms with Crippen molar-refractivity contribution in [1.29, 1.82) is 0 Å². The van der Waals surface area contributed by atoms with Gasteiger partial charge in [-0.25, -0.2) is 0 Å². The Morgan fingerprint density at radius 2 is 2.00 bits per heavy atom. The zero-order chi connectivity index (χ0) is 12.0. The van der Waals surface area contributed by atoms with E-state index in [4.69, 9.17) is 9.84 Å². The second-order valence-electron chi connectivity index (χ2n) is 5.49. The molecule has 94 valence electrons. The average molecular weight is 228 g/mol. The fourth-order valence-corrected chi connectivity index (χ4v) is 1.64. The molecule has 0 bridgehead atoms. The zero-order valence-electron chi connectivity index (χ0n) is 10.5. The minimum Gasteiger partial charge on any atom is -0.481 e. The molecule has 1 aliphatic rings. The van der Waals surface area contributed by atoms with E-state index in [1.165, 1.54) is 19.3 Å². The number of aliphatic carboxylic acids is 1. The molecule has 0 aromatic carbocycles. The smallest absolute Gasteiger partial charge is 0.309 e. The van der Waals surface area contributed by atoms with Crippen LogP contribution in [0.1, 0.15) is 52.4 Å². The van der Waals surface area contributed by atoms with E-state index in [-0.39, 0.29) is 0 Å². The SMILES string of the molecule is CC(C)(CCCCOCCC1CC1)C(=O)O. The summed E-state index contributed by atoms with van der Waals surface area (Å²) in [5.74, 6) is 0.230. The lowest BCUT2D eigenvalue weighted by Crippen LogP contribution is -2.23. The maximum Gasteiger partial charge on any atom is 0.309 e. The third-order valence-electron chi connectivity index (χ3n) is 3.29. The Hall–Kier alpha value is -0.570. The molecule has 1 N–H and O–H groups in total. The topological polar surface area (TPSA) is 46.5 Å². The highest BCUT2D eigenvalue weighted by Gasteiger charge is 2.26. The molecule has 0 aromatic heterocycles. The molecule has 1 fully saturated rings. The van der Waals surface area contributed by atoms with E-state index in [1.54, 1.807) is 13.8 Å². The van der Waals surface area contributed by atoms with Gasteiger partial charge >= 0.3 is 5.97 Å². The number of carbonyl (C=O) groups is 1. The first-order valence-corrected chi connectivity index (χ1v) is 6.33. The number of carboxylic acids is 1. The van der Waals surface area contributed by atoms with Crippen LogP contribution in [-0.2, 0) is 9.53 Å². The Bertz CT molecular complexity index is 219. The first-order chi connectivity index (χ1) is 7.52. The van der Waals surface area contributed by atoms with Crippen molar-refractivity contribution in [2.24, 2.45) is 11.3 Å². The van der Waals surface area contributed by atoms with Crippen LogP contribution in [0.4, 0.5) is 0 Å².